The van der Waals surface area contributed by atoms with E-state index in [0.29, 0.717) is 16.6 Å². The summed E-state index contributed by atoms with van der Waals surface area (Å²) in [6.45, 7) is 0. The first-order valence-electron chi connectivity index (χ1n) is 5.07. The molecule has 0 aliphatic carbocycles. The molecule has 0 spiro atoms. The Morgan fingerprint density at radius 2 is 1.65 bits per heavy atom. The number of sulfonamides is 1. The van der Waals surface area contributed by atoms with E-state index in [1.807, 2.05) is 0 Å². The minimum absolute atomic E-state index is 0.296. The second-order valence-electron chi connectivity index (χ2n) is 3.69. The number of nitrogens with zero attached hydrogens (tertiary/aromatic N) is 1. The summed E-state index contributed by atoms with van der Waals surface area (Å²) in [5.74, 6) is -3.85. The van der Waals surface area contributed by atoms with Crippen LogP contribution in [0.3, 0.4) is 0 Å². The number of anilines is 1. The molecule has 1 N–H and O–H groups in total. The monoisotopic (exact) mass is 366 g/mol. The van der Waals surface area contributed by atoms with Crippen LogP contribution in [0.4, 0.5) is 18.9 Å². The number of benzene rings is 1. The highest BCUT2D eigenvalue weighted by molar-refractivity contribution is 9.10. The molecule has 1 aromatic carbocycles. The Labute approximate surface area is 120 Å². The van der Waals surface area contributed by atoms with E-state index in [1.165, 1.54) is 12.3 Å². The Hall–Kier alpha value is -1.61. The fraction of sp³-hybridized carbons (Fsp3) is 0. The molecule has 0 saturated heterocycles. The van der Waals surface area contributed by atoms with Crippen LogP contribution in [0.2, 0.25) is 0 Å². The van der Waals surface area contributed by atoms with Crippen molar-refractivity contribution in [3.8, 4) is 0 Å². The minimum atomic E-state index is -4.24. The summed E-state index contributed by atoms with van der Waals surface area (Å²) < 4.78 is 65.5. The summed E-state index contributed by atoms with van der Waals surface area (Å²) in [5.41, 5.74) is -0.952. The highest BCUT2D eigenvalue weighted by atomic mass is 79.9. The Morgan fingerprint density at radius 3 is 2.20 bits per heavy atom. The first-order chi connectivity index (χ1) is 9.29. The van der Waals surface area contributed by atoms with E-state index in [-0.39, 0.29) is 4.90 Å². The zero-order valence-electron chi connectivity index (χ0n) is 9.57. The maximum Gasteiger partial charge on any atom is 0.263 e. The van der Waals surface area contributed by atoms with Crippen LogP contribution in [-0.4, -0.2) is 13.4 Å². The topological polar surface area (TPSA) is 59.1 Å². The maximum absolute atomic E-state index is 13.4. The SMILES string of the molecule is O=S(=O)(Nc1c(F)cc(F)cc1F)c1cncc(Br)c1. The van der Waals surface area contributed by atoms with Crippen LogP contribution in [0.15, 0.2) is 40.0 Å². The number of hydrogen-bond donors (Lipinski definition) is 1. The van der Waals surface area contributed by atoms with Crippen molar-refractivity contribution >= 4 is 31.6 Å². The minimum Gasteiger partial charge on any atom is -0.274 e. The van der Waals surface area contributed by atoms with Crippen LogP contribution in [0.1, 0.15) is 0 Å². The van der Waals surface area contributed by atoms with Gasteiger partial charge in [0.15, 0.2) is 11.6 Å². The third kappa shape index (κ3) is 3.10. The Balaban J connectivity index is 2.44. The van der Waals surface area contributed by atoms with Gasteiger partial charge in [-0.05, 0) is 22.0 Å². The summed E-state index contributed by atoms with van der Waals surface area (Å²) in [6.07, 6.45) is 2.35. The fourth-order valence-electron chi connectivity index (χ4n) is 1.37. The van der Waals surface area contributed by atoms with Crippen LogP contribution in [0.25, 0.3) is 0 Å². The molecule has 4 nitrogen and oxygen atoms in total. The van der Waals surface area contributed by atoms with Gasteiger partial charge in [0.25, 0.3) is 10.0 Å². The highest BCUT2D eigenvalue weighted by Gasteiger charge is 2.20. The molecule has 106 valence electrons. The summed E-state index contributed by atoms with van der Waals surface area (Å²) >= 11 is 3.03. The number of pyridine rings is 1. The first-order valence-corrected chi connectivity index (χ1v) is 7.35. The van der Waals surface area contributed by atoms with Crippen LogP contribution in [0.5, 0.6) is 0 Å². The normalized spacial score (nSPS) is 11.4. The number of halogens is 4. The number of aromatic nitrogens is 1. The van der Waals surface area contributed by atoms with Crippen molar-refractivity contribution < 1.29 is 21.6 Å². The molecule has 1 heterocycles. The summed E-state index contributed by atoms with van der Waals surface area (Å²) in [6, 6.07) is 1.95. The van der Waals surface area contributed by atoms with E-state index >= 15 is 0 Å². The maximum atomic E-state index is 13.4. The molecule has 0 radical (unpaired) electrons. The van der Waals surface area contributed by atoms with Gasteiger partial charge in [-0.25, -0.2) is 21.6 Å². The predicted molar refractivity (Wildman–Crippen MR) is 69.1 cm³/mol. The lowest BCUT2D eigenvalue weighted by Crippen LogP contribution is -2.15. The second-order valence-corrected chi connectivity index (χ2v) is 6.29. The van der Waals surface area contributed by atoms with Gasteiger partial charge in [0.05, 0.1) is 0 Å². The smallest absolute Gasteiger partial charge is 0.263 e. The average molecular weight is 367 g/mol. The predicted octanol–water partition coefficient (Wildman–Crippen LogP) is 3.06. The van der Waals surface area contributed by atoms with Crippen LogP contribution in [0, 0.1) is 17.5 Å². The van der Waals surface area contributed by atoms with Crippen LogP contribution in [-0.2, 0) is 10.0 Å². The van der Waals surface area contributed by atoms with Gasteiger partial charge in [-0.3, -0.25) is 9.71 Å². The molecule has 0 fully saturated rings. The Bertz CT molecular complexity index is 745. The van der Waals surface area contributed by atoms with E-state index < -0.39 is 33.2 Å². The second kappa shape index (κ2) is 5.41. The molecular formula is C11H6BrF3N2O2S. The Morgan fingerprint density at radius 1 is 1.05 bits per heavy atom. The molecule has 0 saturated carbocycles. The number of nitrogens with one attached hydrogen (secondary N) is 1. The highest BCUT2D eigenvalue weighted by Crippen LogP contribution is 2.24. The summed E-state index contributed by atoms with van der Waals surface area (Å²) in [7, 11) is -4.24. The van der Waals surface area contributed by atoms with Crippen molar-refractivity contribution in [1.82, 2.24) is 4.98 Å². The van der Waals surface area contributed by atoms with Gasteiger partial charge in [-0.15, -0.1) is 0 Å². The van der Waals surface area contributed by atoms with Crippen molar-refractivity contribution in [2.24, 2.45) is 0 Å². The molecule has 0 aliphatic rings. The quantitative estimate of drug-likeness (QED) is 0.907. The molecule has 1 aromatic heterocycles. The van der Waals surface area contributed by atoms with E-state index in [9.17, 15) is 21.6 Å². The van der Waals surface area contributed by atoms with Gasteiger partial charge in [-0.1, -0.05) is 0 Å². The zero-order valence-corrected chi connectivity index (χ0v) is 12.0. The van der Waals surface area contributed by atoms with Gasteiger partial charge in [0, 0.05) is 29.0 Å². The molecular weight excluding hydrogens is 361 g/mol. The summed E-state index contributed by atoms with van der Waals surface area (Å²) in [4.78, 5) is 3.34. The van der Waals surface area contributed by atoms with E-state index in [0.717, 1.165) is 6.20 Å². The molecule has 0 bridgehead atoms. The summed E-state index contributed by atoms with van der Waals surface area (Å²) in [5, 5.41) is 0. The lowest BCUT2D eigenvalue weighted by atomic mass is 10.3. The number of rotatable bonds is 3. The van der Waals surface area contributed by atoms with Gasteiger partial charge in [0.2, 0.25) is 0 Å². The van der Waals surface area contributed by atoms with E-state index in [4.69, 9.17) is 0 Å². The van der Waals surface area contributed by atoms with E-state index in [2.05, 4.69) is 20.9 Å². The Kier molecular flexibility index (Phi) is 4.00. The standard InChI is InChI=1S/C11H6BrF3N2O2S/c12-6-1-8(5-16-4-6)20(18,19)17-11-9(14)2-7(13)3-10(11)15/h1-5,17H. The lowest BCUT2D eigenvalue weighted by molar-refractivity contribution is 0.547. The van der Waals surface area contributed by atoms with Gasteiger partial charge in [0.1, 0.15) is 16.4 Å². The van der Waals surface area contributed by atoms with Crippen molar-refractivity contribution in [2.45, 2.75) is 4.90 Å². The molecule has 2 aromatic rings. The molecule has 0 amide bonds. The molecule has 0 atom stereocenters. The molecule has 20 heavy (non-hydrogen) atoms. The van der Waals surface area contributed by atoms with Crippen molar-refractivity contribution in [2.75, 3.05) is 4.72 Å². The van der Waals surface area contributed by atoms with Gasteiger partial charge < -0.3 is 0 Å². The van der Waals surface area contributed by atoms with Gasteiger partial charge >= 0.3 is 0 Å². The van der Waals surface area contributed by atoms with Crippen molar-refractivity contribution in [3.05, 3.63) is 52.5 Å². The van der Waals surface area contributed by atoms with Crippen molar-refractivity contribution in [3.63, 3.8) is 0 Å². The molecule has 9 heteroatoms. The zero-order chi connectivity index (χ0) is 14.9. The van der Waals surface area contributed by atoms with Crippen LogP contribution < -0.4 is 4.72 Å². The average Bonchev–Trinajstić information content (AvgIpc) is 2.34. The fourth-order valence-corrected chi connectivity index (χ4v) is 2.95. The number of hydrogen-bond acceptors (Lipinski definition) is 3. The largest absolute Gasteiger partial charge is 0.274 e. The third-order valence-electron chi connectivity index (χ3n) is 2.23. The molecule has 0 aliphatic heterocycles. The molecule has 2 rings (SSSR count). The third-order valence-corrected chi connectivity index (χ3v) is 3.98. The van der Waals surface area contributed by atoms with Gasteiger partial charge in [-0.2, -0.15) is 0 Å². The van der Waals surface area contributed by atoms with Crippen molar-refractivity contribution in [1.29, 1.82) is 0 Å². The molecule has 0 unspecified atom stereocenters. The first kappa shape index (κ1) is 14.8. The van der Waals surface area contributed by atoms with E-state index in [1.54, 1.807) is 4.72 Å². The lowest BCUT2D eigenvalue weighted by Gasteiger charge is -2.10. The van der Waals surface area contributed by atoms with Crippen LogP contribution >= 0.6 is 15.9 Å².